The maximum Gasteiger partial charge on any atom is 0.234 e. The lowest BCUT2D eigenvalue weighted by Gasteiger charge is -2.19. The number of nitrogens with zero attached hydrogens (tertiary/aromatic N) is 1. The Morgan fingerprint density at radius 2 is 2.11 bits per heavy atom. The second-order valence-corrected chi connectivity index (χ2v) is 5.36. The number of amides is 1. The van der Waals surface area contributed by atoms with Crippen molar-refractivity contribution in [3.63, 3.8) is 0 Å². The largest absolute Gasteiger partial charge is 0.353 e. The summed E-state index contributed by atoms with van der Waals surface area (Å²) in [7, 11) is 1.95. The lowest BCUT2D eigenvalue weighted by atomic mass is 10.0. The van der Waals surface area contributed by atoms with Gasteiger partial charge in [0.05, 0.1) is 6.54 Å². The van der Waals surface area contributed by atoms with Gasteiger partial charge in [-0.25, -0.2) is 0 Å². The molecule has 0 spiro atoms. The van der Waals surface area contributed by atoms with Crippen molar-refractivity contribution < 1.29 is 4.79 Å². The van der Waals surface area contributed by atoms with Crippen molar-refractivity contribution in [1.29, 1.82) is 0 Å². The Labute approximate surface area is 116 Å². The molecule has 1 aromatic rings. The number of benzene rings is 1. The molecule has 0 aliphatic heterocycles. The molecule has 1 aromatic carbocycles. The Morgan fingerprint density at radius 3 is 2.63 bits per heavy atom. The monoisotopic (exact) mass is 263 g/mol. The van der Waals surface area contributed by atoms with E-state index in [9.17, 15) is 4.79 Å². The number of hydrogen-bond acceptors (Lipinski definition) is 3. The van der Waals surface area contributed by atoms with E-state index in [0.29, 0.717) is 13.1 Å². The summed E-state index contributed by atoms with van der Waals surface area (Å²) in [5.41, 5.74) is 9.21. The Bertz CT molecular complexity index is 429. The highest BCUT2D eigenvalue weighted by atomic mass is 16.2. The molecule has 0 saturated heterocycles. The first-order chi connectivity index (χ1) is 8.92. The summed E-state index contributed by atoms with van der Waals surface area (Å²) in [6.07, 6.45) is 0. The number of rotatable bonds is 6. The van der Waals surface area contributed by atoms with Gasteiger partial charge in [0.1, 0.15) is 0 Å². The molecule has 19 heavy (non-hydrogen) atoms. The van der Waals surface area contributed by atoms with Crippen LogP contribution in [0.1, 0.15) is 30.5 Å². The van der Waals surface area contributed by atoms with Gasteiger partial charge in [-0.2, -0.15) is 0 Å². The Morgan fingerprint density at radius 1 is 1.42 bits per heavy atom. The maximum atomic E-state index is 11.7. The molecule has 0 bridgehead atoms. The van der Waals surface area contributed by atoms with E-state index in [1.54, 1.807) is 0 Å². The van der Waals surface area contributed by atoms with Crippen LogP contribution in [0, 0.1) is 6.92 Å². The van der Waals surface area contributed by atoms with Gasteiger partial charge in [0, 0.05) is 19.1 Å². The zero-order valence-electron chi connectivity index (χ0n) is 12.4. The minimum atomic E-state index is 0.0636. The van der Waals surface area contributed by atoms with Crippen molar-refractivity contribution in [2.75, 3.05) is 13.6 Å². The van der Waals surface area contributed by atoms with Gasteiger partial charge in [-0.3, -0.25) is 9.69 Å². The molecule has 1 rings (SSSR count). The van der Waals surface area contributed by atoms with Crippen molar-refractivity contribution in [2.24, 2.45) is 5.73 Å². The molecule has 106 valence electrons. The molecule has 1 amide bonds. The minimum absolute atomic E-state index is 0.0636. The van der Waals surface area contributed by atoms with Gasteiger partial charge in [0.2, 0.25) is 5.91 Å². The molecule has 0 aliphatic carbocycles. The summed E-state index contributed by atoms with van der Waals surface area (Å²) in [5, 5.41) is 2.90. The van der Waals surface area contributed by atoms with E-state index in [1.807, 2.05) is 31.9 Å². The quantitative estimate of drug-likeness (QED) is 0.816. The van der Waals surface area contributed by atoms with Crippen LogP contribution in [-0.4, -0.2) is 30.4 Å². The molecule has 0 aliphatic rings. The Balaban J connectivity index is 2.57. The van der Waals surface area contributed by atoms with Crippen LogP contribution in [0.4, 0.5) is 0 Å². The van der Waals surface area contributed by atoms with Crippen LogP contribution in [0.5, 0.6) is 0 Å². The van der Waals surface area contributed by atoms with Gasteiger partial charge in [0.25, 0.3) is 0 Å². The standard InChI is InChI=1S/C15H25N3O/c1-11(2)17-15(19)10-18(4)9-14-6-5-13(8-16)7-12(14)3/h5-7,11H,8-10,16H2,1-4H3,(H,17,19). The van der Waals surface area contributed by atoms with E-state index < -0.39 is 0 Å². The summed E-state index contributed by atoms with van der Waals surface area (Å²) in [5.74, 6) is 0.0636. The third-order valence-electron chi connectivity index (χ3n) is 2.95. The van der Waals surface area contributed by atoms with Crippen LogP contribution in [0.15, 0.2) is 18.2 Å². The lowest BCUT2D eigenvalue weighted by Crippen LogP contribution is -2.38. The van der Waals surface area contributed by atoms with Crippen molar-refractivity contribution in [1.82, 2.24) is 10.2 Å². The van der Waals surface area contributed by atoms with Gasteiger partial charge in [-0.05, 0) is 44.5 Å². The maximum absolute atomic E-state index is 11.7. The van der Waals surface area contributed by atoms with E-state index in [-0.39, 0.29) is 11.9 Å². The summed E-state index contributed by atoms with van der Waals surface area (Å²) < 4.78 is 0. The summed E-state index contributed by atoms with van der Waals surface area (Å²) in [6, 6.07) is 6.43. The summed E-state index contributed by atoms with van der Waals surface area (Å²) in [4.78, 5) is 13.7. The van der Waals surface area contributed by atoms with Crippen LogP contribution < -0.4 is 11.1 Å². The fraction of sp³-hybridized carbons (Fsp3) is 0.533. The number of carbonyl (C=O) groups excluding carboxylic acids is 1. The highest BCUT2D eigenvalue weighted by Crippen LogP contribution is 2.12. The van der Waals surface area contributed by atoms with Crippen LogP contribution in [-0.2, 0) is 17.9 Å². The van der Waals surface area contributed by atoms with E-state index in [4.69, 9.17) is 5.73 Å². The van der Waals surface area contributed by atoms with E-state index in [0.717, 1.165) is 12.1 Å². The molecule has 0 heterocycles. The molecular formula is C15H25N3O. The van der Waals surface area contributed by atoms with E-state index >= 15 is 0 Å². The van der Waals surface area contributed by atoms with Crippen LogP contribution in [0.3, 0.4) is 0 Å². The second kappa shape index (κ2) is 7.26. The van der Waals surface area contributed by atoms with Crippen LogP contribution >= 0.6 is 0 Å². The number of nitrogens with two attached hydrogens (primary N) is 1. The smallest absolute Gasteiger partial charge is 0.234 e. The zero-order valence-corrected chi connectivity index (χ0v) is 12.4. The highest BCUT2D eigenvalue weighted by molar-refractivity contribution is 5.78. The SMILES string of the molecule is Cc1cc(CN)ccc1CN(C)CC(=O)NC(C)C. The van der Waals surface area contributed by atoms with Crippen LogP contribution in [0.2, 0.25) is 0 Å². The second-order valence-electron chi connectivity index (χ2n) is 5.36. The number of likely N-dealkylation sites (N-methyl/N-ethyl adjacent to an activating group) is 1. The fourth-order valence-corrected chi connectivity index (χ4v) is 2.02. The molecule has 0 radical (unpaired) electrons. The van der Waals surface area contributed by atoms with Crippen molar-refractivity contribution in [3.05, 3.63) is 34.9 Å². The molecular weight excluding hydrogens is 238 g/mol. The van der Waals surface area contributed by atoms with Crippen LogP contribution in [0.25, 0.3) is 0 Å². The molecule has 3 N–H and O–H groups in total. The van der Waals surface area contributed by atoms with Gasteiger partial charge in [-0.15, -0.1) is 0 Å². The number of aryl methyl sites for hydroxylation is 1. The average Bonchev–Trinajstić information content (AvgIpc) is 2.30. The predicted molar refractivity (Wildman–Crippen MR) is 78.7 cm³/mol. The first-order valence-corrected chi connectivity index (χ1v) is 6.68. The minimum Gasteiger partial charge on any atom is -0.353 e. The highest BCUT2D eigenvalue weighted by Gasteiger charge is 2.09. The first-order valence-electron chi connectivity index (χ1n) is 6.68. The van der Waals surface area contributed by atoms with Gasteiger partial charge < -0.3 is 11.1 Å². The molecule has 4 nitrogen and oxygen atoms in total. The zero-order chi connectivity index (χ0) is 14.4. The average molecular weight is 263 g/mol. The van der Waals surface area contributed by atoms with Gasteiger partial charge >= 0.3 is 0 Å². The van der Waals surface area contributed by atoms with Crippen molar-refractivity contribution in [3.8, 4) is 0 Å². The van der Waals surface area contributed by atoms with Gasteiger partial charge in [0.15, 0.2) is 0 Å². The third-order valence-corrected chi connectivity index (χ3v) is 2.95. The van der Waals surface area contributed by atoms with E-state index in [2.05, 4.69) is 24.4 Å². The lowest BCUT2D eigenvalue weighted by molar-refractivity contribution is -0.122. The van der Waals surface area contributed by atoms with E-state index in [1.165, 1.54) is 11.1 Å². The number of carbonyl (C=O) groups is 1. The predicted octanol–water partition coefficient (Wildman–Crippen LogP) is 1.41. The fourth-order valence-electron chi connectivity index (χ4n) is 2.02. The Kier molecular flexibility index (Phi) is 5.99. The van der Waals surface area contributed by atoms with Gasteiger partial charge in [-0.1, -0.05) is 18.2 Å². The molecule has 0 saturated carbocycles. The molecule has 0 aromatic heterocycles. The molecule has 0 atom stereocenters. The normalized spacial score (nSPS) is 11.1. The summed E-state index contributed by atoms with van der Waals surface area (Å²) in [6.45, 7) is 7.75. The molecule has 0 unspecified atom stereocenters. The Hall–Kier alpha value is -1.39. The number of nitrogens with one attached hydrogen (secondary N) is 1. The third kappa shape index (κ3) is 5.41. The van der Waals surface area contributed by atoms with Crippen molar-refractivity contribution in [2.45, 2.75) is 39.9 Å². The number of hydrogen-bond donors (Lipinski definition) is 2. The molecule has 0 fully saturated rings. The first kappa shape index (κ1) is 15.7. The summed E-state index contributed by atoms with van der Waals surface area (Å²) >= 11 is 0. The topological polar surface area (TPSA) is 58.4 Å². The molecule has 4 heteroatoms. The van der Waals surface area contributed by atoms with Crippen molar-refractivity contribution >= 4 is 5.91 Å².